The highest BCUT2D eigenvalue weighted by atomic mass is 15.1. The Labute approximate surface area is 233 Å². The topological polar surface area (TPSA) is 8.17 Å². The van der Waals surface area contributed by atoms with E-state index < -0.39 is 0 Å². The van der Waals surface area contributed by atoms with Gasteiger partial charge in [0, 0.05) is 33.2 Å². The van der Waals surface area contributed by atoms with Gasteiger partial charge in [0.2, 0.25) is 0 Å². The van der Waals surface area contributed by atoms with Crippen molar-refractivity contribution in [3.05, 3.63) is 158 Å². The van der Waals surface area contributed by atoms with E-state index in [0.717, 1.165) is 11.4 Å². The molecule has 2 heteroatoms. The van der Waals surface area contributed by atoms with Gasteiger partial charge >= 0.3 is 0 Å². The average Bonchev–Trinajstić information content (AvgIpc) is 3.36. The molecule has 0 aliphatic carbocycles. The standard InChI is InChI=1S/C38H26N2/c1-2-13-30(14-3-1)39(36-20-10-12-27-11-4-5-15-33(27)36)31-23-21-29-26-32(24-22-28(29)25-31)40-37-18-8-6-16-34(37)35-17-7-9-19-38(35)40/h1-26H. The van der Waals surface area contributed by atoms with Crippen molar-refractivity contribution in [2.75, 3.05) is 4.90 Å². The second kappa shape index (κ2) is 9.14. The van der Waals surface area contributed by atoms with Gasteiger partial charge in [0.25, 0.3) is 0 Å². The first-order valence-corrected chi connectivity index (χ1v) is 13.7. The predicted octanol–water partition coefficient (Wildman–Crippen LogP) is 10.6. The Kier molecular flexibility index (Phi) is 5.17. The molecule has 0 amide bonds. The van der Waals surface area contributed by atoms with Crippen molar-refractivity contribution < 1.29 is 0 Å². The van der Waals surface area contributed by atoms with E-state index in [2.05, 4.69) is 167 Å². The van der Waals surface area contributed by atoms with Crippen LogP contribution in [0.4, 0.5) is 17.1 Å². The van der Waals surface area contributed by atoms with Crippen molar-refractivity contribution in [2.24, 2.45) is 0 Å². The average molecular weight is 511 g/mol. The molecular weight excluding hydrogens is 484 g/mol. The number of hydrogen-bond donors (Lipinski definition) is 0. The molecule has 1 heterocycles. The van der Waals surface area contributed by atoms with Gasteiger partial charge in [-0.1, -0.05) is 103 Å². The lowest BCUT2D eigenvalue weighted by molar-refractivity contribution is 1.19. The molecule has 1 aromatic heterocycles. The highest BCUT2D eigenvalue weighted by Gasteiger charge is 2.16. The van der Waals surface area contributed by atoms with Crippen LogP contribution in [0.1, 0.15) is 0 Å². The first-order chi connectivity index (χ1) is 19.8. The number of rotatable bonds is 4. The van der Waals surface area contributed by atoms with E-state index in [1.807, 2.05) is 0 Å². The molecule has 188 valence electrons. The van der Waals surface area contributed by atoms with E-state index in [1.54, 1.807) is 0 Å². The lowest BCUT2D eigenvalue weighted by atomic mass is 10.0. The fourth-order valence-corrected chi connectivity index (χ4v) is 6.11. The highest BCUT2D eigenvalue weighted by molar-refractivity contribution is 6.09. The zero-order chi connectivity index (χ0) is 26.5. The third-order valence-corrected chi connectivity index (χ3v) is 7.93. The van der Waals surface area contributed by atoms with Crippen molar-refractivity contribution in [1.29, 1.82) is 0 Å². The molecule has 0 saturated heterocycles. The lowest BCUT2D eigenvalue weighted by Crippen LogP contribution is -2.10. The Bertz CT molecular complexity index is 2110. The summed E-state index contributed by atoms with van der Waals surface area (Å²) in [4.78, 5) is 2.36. The SMILES string of the molecule is c1ccc(N(c2ccc3cc(-n4c5ccccc5c5ccccc54)ccc3c2)c2cccc3ccccc23)cc1. The van der Waals surface area contributed by atoms with Gasteiger partial charge in [-0.15, -0.1) is 0 Å². The number of para-hydroxylation sites is 3. The molecule has 0 N–H and O–H groups in total. The number of nitrogens with zero attached hydrogens (tertiary/aromatic N) is 2. The molecule has 40 heavy (non-hydrogen) atoms. The monoisotopic (exact) mass is 510 g/mol. The lowest BCUT2D eigenvalue weighted by Gasteiger charge is -2.27. The van der Waals surface area contributed by atoms with Crippen molar-refractivity contribution in [3.8, 4) is 5.69 Å². The fourth-order valence-electron chi connectivity index (χ4n) is 6.11. The third-order valence-electron chi connectivity index (χ3n) is 7.93. The number of hydrogen-bond acceptors (Lipinski definition) is 1. The van der Waals surface area contributed by atoms with Gasteiger partial charge in [-0.05, 0) is 70.8 Å². The van der Waals surface area contributed by atoms with Crippen LogP contribution >= 0.6 is 0 Å². The first-order valence-electron chi connectivity index (χ1n) is 13.7. The molecule has 8 rings (SSSR count). The molecular formula is C38H26N2. The van der Waals surface area contributed by atoms with Crippen LogP contribution in [0, 0.1) is 0 Å². The van der Waals surface area contributed by atoms with Gasteiger partial charge < -0.3 is 9.47 Å². The normalized spacial score (nSPS) is 11.5. The van der Waals surface area contributed by atoms with Gasteiger partial charge in [0.15, 0.2) is 0 Å². The molecule has 7 aromatic carbocycles. The minimum Gasteiger partial charge on any atom is -0.310 e. The summed E-state index contributed by atoms with van der Waals surface area (Å²) in [6.07, 6.45) is 0. The number of aromatic nitrogens is 1. The summed E-state index contributed by atoms with van der Waals surface area (Å²) in [5.41, 5.74) is 7.08. The molecule has 0 radical (unpaired) electrons. The number of fused-ring (bicyclic) bond motifs is 5. The van der Waals surface area contributed by atoms with Crippen LogP contribution in [0.2, 0.25) is 0 Å². The molecule has 0 saturated carbocycles. The van der Waals surface area contributed by atoms with Crippen molar-refractivity contribution in [2.45, 2.75) is 0 Å². The summed E-state index contributed by atoms with van der Waals surface area (Å²) in [6.45, 7) is 0. The third kappa shape index (κ3) is 3.58. The van der Waals surface area contributed by atoms with Crippen LogP contribution in [0.5, 0.6) is 0 Å². The van der Waals surface area contributed by atoms with Crippen LogP contribution < -0.4 is 4.90 Å². The largest absolute Gasteiger partial charge is 0.310 e. The number of benzene rings is 7. The molecule has 8 aromatic rings. The Balaban J connectivity index is 1.30. The number of anilines is 3. The summed E-state index contributed by atoms with van der Waals surface area (Å²) < 4.78 is 2.38. The first kappa shape index (κ1) is 22.6. The Morgan fingerprint density at radius 1 is 0.375 bits per heavy atom. The Morgan fingerprint density at radius 3 is 1.75 bits per heavy atom. The zero-order valence-electron chi connectivity index (χ0n) is 21.9. The van der Waals surface area contributed by atoms with Gasteiger partial charge in [-0.25, -0.2) is 0 Å². The van der Waals surface area contributed by atoms with Gasteiger partial charge in [-0.3, -0.25) is 0 Å². The summed E-state index contributed by atoms with van der Waals surface area (Å²) in [5.74, 6) is 0. The molecule has 0 bridgehead atoms. The highest BCUT2D eigenvalue weighted by Crippen LogP contribution is 2.40. The van der Waals surface area contributed by atoms with Crippen molar-refractivity contribution in [3.63, 3.8) is 0 Å². The fraction of sp³-hybridized carbons (Fsp3) is 0. The molecule has 0 spiro atoms. The van der Waals surface area contributed by atoms with Gasteiger partial charge in [0.1, 0.15) is 0 Å². The van der Waals surface area contributed by atoms with E-state index in [-0.39, 0.29) is 0 Å². The van der Waals surface area contributed by atoms with Crippen LogP contribution in [0.3, 0.4) is 0 Å². The molecule has 2 nitrogen and oxygen atoms in total. The second-order valence-electron chi connectivity index (χ2n) is 10.3. The minimum absolute atomic E-state index is 1.14. The van der Waals surface area contributed by atoms with Crippen molar-refractivity contribution in [1.82, 2.24) is 4.57 Å². The zero-order valence-corrected chi connectivity index (χ0v) is 21.9. The maximum Gasteiger partial charge on any atom is 0.0541 e. The predicted molar refractivity (Wildman–Crippen MR) is 170 cm³/mol. The summed E-state index contributed by atoms with van der Waals surface area (Å²) in [7, 11) is 0. The summed E-state index contributed by atoms with van der Waals surface area (Å²) in [6, 6.07) is 56.7. The quantitative estimate of drug-likeness (QED) is 0.229. The molecule has 0 unspecified atom stereocenters. The van der Waals surface area contributed by atoms with Gasteiger partial charge in [-0.2, -0.15) is 0 Å². The van der Waals surface area contributed by atoms with Crippen LogP contribution in [-0.4, -0.2) is 4.57 Å². The van der Waals surface area contributed by atoms with E-state index in [9.17, 15) is 0 Å². The van der Waals surface area contributed by atoms with Crippen LogP contribution in [-0.2, 0) is 0 Å². The van der Waals surface area contributed by atoms with E-state index in [0.29, 0.717) is 0 Å². The van der Waals surface area contributed by atoms with Crippen LogP contribution in [0.25, 0.3) is 49.0 Å². The smallest absolute Gasteiger partial charge is 0.0541 e. The Morgan fingerprint density at radius 2 is 0.975 bits per heavy atom. The van der Waals surface area contributed by atoms with Crippen LogP contribution in [0.15, 0.2) is 158 Å². The van der Waals surface area contributed by atoms with Gasteiger partial charge in [0.05, 0.1) is 16.7 Å². The molecule has 0 fully saturated rings. The maximum atomic E-state index is 2.38. The Hall–Kier alpha value is -5.34. The second-order valence-corrected chi connectivity index (χ2v) is 10.3. The summed E-state index contributed by atoms with van der Waals surface area (Å²) in [5, 5.41) is 7.45. The molecule has 0 aliphatic heterocycles. The van der Waals surface area contributed by atoms with E-state index >= 15 is 0 Å². The minimum atomic E-state index is 1.14. The van der Waals surface area contributed by atoms with E-state index in [1.165, 1.54) is 54.7 Å². The van der Waals surface area contributed by atoms with Crippen molar-refractivity contribution >= 4 is 60.4 Å². The van der Waals surface area contributed by atoms with E-state index in [4.69, 9.17) is 0 Å². The molecule has 0 aliphatic rings. The summed E-state index contributed by atoms with van der Waals surface area (Å²) >= 11 is 0. The molecule has 0 atom stereocenters. The maximum absolute atomic E-state index is 2.38.